The molecule has 2 rings (SSSR count). The minimum absolute atomic E-state index is 0.00985. The Morgan fingerprint density at radius 2 is 2.06 bits per heavy atom. The van der Waals surface area contributed by atoms with Crippen LogP contribution >= 0.6 is 0 Å². The molecule has 0 radical (unpaired) electrons. The average Bonchev–Trinajstić information content (AvgIpc) is 2.32. The summed E-state index contributed by atoms with van der Waals surface area (Å²) in [5.41, 5.74) is 5.27. The molecule has 1 amide bonds. The lowest BCUT2D eigenvalue weighted by atomic mass is 10.1. The van der Waals surface area contributed by atoms with E-state index in [2.05, 4.69) is 20.0 Å². The molecule has 0 spiro atoms. The van der Waals surface area contributed by atoms with Gasteiger partial charge in [-0.15, -0.1) is 0 Å². The first kappa shape index (κ1) is 12.7. The second-order valence-electron chi connectivity index (χ2n) is 3.88. The third-order valence-corrected chi connectivity index (χ3v) is 3.97. The highest BCUT2D eigenvalue weighted by atomic mass is 32.2. The molecule has 1 aromatic heterocycles. The molecule has 4 N–H and O–H groups in total. The molecule has 1 unspecified atom stereocenters. The predicted octanol–water partition coefficient (Wildman–Crippen LogP) is -1.38. The summed E-state index contributed by atoms with van der Waals surface area (Å²) < 4.78 is 26.2. The number of hydrogen-bond acceptors (Lipinski definition) is 6. The number of anilines is 1. The van der Waals surface area contributed by atoms with Gasteiger partial charge in [-0.05, 0) is 12.8 Å². The normalized spacial score (nSPS) is 20.4. The molecule has 1 aromatic rings. The van der Waals surface area contributed by atoms with E-state index in [1.54, 1.807) is 0 Å². The molecule has 18 heavy (non-hydrogen) atoms. The second-order valence-corrected chi connectivity index (χ2v) is 5.60. The van der Waals surface area contributed by atoms with E-state index in [4.69, 9.17) is 5.73 Å². The first-order chi connectivity index (χ1) is 8.49. The van der Waals surface area contributed by atoms with Crippen molar-refractivity contribution in [2.75, 3.05) is 12.3 Å². The fourth-order valence-corrected chi connectivity index (χ4v) is 2.72. The highest BCUT2D eigenvalue weighted by molar-refractivity contribution is 7.89. The number of nitrogens with one attached hydrogen (secondary N) is 2. The van der Waals surface area contributed by atoms with E-state index >= 15 is 0 Å². The van der Waals surface area contributed by atoms with Crippen molar-refractivity contribution in [3.05, 3.63) is 12.4 Å². The van der Waals surface area contributed by atoms with E-state index in [9.17, 15) is 13.2 Å². The molecule has 0 aromatic carbocycles. The van der Waals surface area contributed by atoms with Gasteiger partial charge >= 0.3 is 0 Å². The smallest absolute Gasteiger partial charge is 0.244 e. The highest BCUT2D eigenvalue weighted by Crippen LogP contribution is 2.10. The fraction of sp³-hybridized carbons (Fsp3) is 0.444. The van der Waals surface area contributed by atoms with Crippen LogP contribution in [-0.2, 0) is 14.8 Å². The summed E-state index contributed by atoms with van der Waals surface area (Å²) in [6.45, 7) is 0.571. The number of piperidine rings is 1. The Morgan fingerprint density at radius 3 is 2.67 bits per heavy atom. The van der Waals surface area contributed by atoms with E-state index in [1.807, 2.05) is 0 Å². The van der Waals surface area contributed by atoms with Crippen molar-refractivity contribution in [3.63, 3.8) is 0 Å². The Balaban J connectivity index is 2.16. The largest absolute Gasteiger partial charge is 0.368 e. The van der Waals surface area contributed by atoms with E-state index in [-0.39, 0.29) is 16.8 Å². The molecular weight excluding hydrogens is 258 g/mol. The van der Waals surface area contributed by atoms with Crippen LogP contribution in [0, 0.1) is 0 Å². The first-order valence-corrected chi connectivity index (χ1v) is 6.85. The molecule has 8 nitrogen and oxygen atoms in total. The Hall–Kier alpha value is -1.74. The zero-order valence-corrected chi connectivity index (χ0v) is 10.3. The van der Waals surface area contributed by atoms with Crippen molar-refractivity contribution >= 4 is 21.9 Å². The maximum Gasteiger partial charge on any atom is 0.244 e. The third kappa shape index (κ3) is 2.74. The SMILES string of the molecule is Nc1ncc(S(=O)(=O)NC2CCCNC2=O)cn1. The summed E-state index contributed by atoms with van der Waals surface area (Å²) >= 11 is 0. The standard InChI is InChI=1S/C9H13N5O3S/c10-9-12-4-6(5-13-9)18(16,17)14-7-2-1-3-11-8(7)15/h4-5,7,14H,1-3H2,(H,11,15)(H2,10,12,13). The minimum atomic E-state index is -3.80. The number of nitrogens with zero attached hydrogens (tertiary/aromatic N) is 2. The molecule has 1 fully saturated rings. The van der Waals surface area contributed by atoms with Crippen LogP contribution in [-0.4, -0.2) is 36.9 Å². The molecule has 1 aliphatic heterocycles. The zero-order chi connectivity index (χ0) is 13.2. The van der Waals surface area contributed by atoms with E-state index in [0.717, 1.165) is 18.8 Å². The van der Waals surface area contributed by atoms with Crippen LogP contribution in [0.15, 0.2) is 17.3 Å². The number of aromatic nitrogens is 2. The van der Waals surface area contributed by atoms with Crippen LogP contribution in [0.3, 0.4) is 0 Å². The van der Waals surface area contributed by atoms with E-state index in [1.165, 1.54) is 0 Å². The van der Waals surface area contributed by atoms with Crippen molar-refractivity contribution in [1.29, 1.82) is 0 Å². The van der Waals surface area contributed by atoms with Gasteiger partial charge in [-0.3, -0.25) is 4.79 Å². The lowest BCUT2D eigenvalue weighted by molar-refractivity contribution is -0.124. The van der Waals surface area contributed by atoms with Crippen LogP contribution in [0.5, 0.6) is 0 Å². The number of nitrogens with two attached hydrogens (primary N) is 1. The summed E-state index contributed by atoms with van der Waals surface area (Å²) in [7, 11) is -3.80. The van der Waals surface area contributed by atoms with Gasteiger partial charge in [-0.25, -0.2) is 18.4 Å². The van der Waals surface area contributed by atoms with Crippen LogP contribution in [0.4, 0.5) is 5.95 Å². The summed E-state index contributed by atoms with van der Waals surface area (Å²) in [4.78, 5) is 18.6. The van der Waals surface area contributed by atoms with Crippen LogP contribution < -0.4 is 15.8 Å². The Bertz CT molecular complexity index is 542. The lowest BCUT2D eigenvalue weighted by Crippen LogP contribution is -2.50. The van der Waals surface area contributed by atoms with Gasteiger partial charge in [0, 0.05) is 6.54 Å². The first-order valence-electron chi connectivity index (χ1n) is 5.36. The summed E-state index contributed by atoms with van der Waals surface area (Å²) in [5.74, 6) is -0.328. The molecule has 9 heteroatoms. The van der Waals surface area contributed by atoms with Crippen LogP contribution in [0.25, 0.3) is 0 Å². The maximum absolute atomic E-state index is 11.9. The summed E-state index contributed by atoms with van der Waals surface area (Å²) in [6.07, 6.45) is 3.41. The molecule has 0 aliphatic carbocycles. The highest BCUT2D eigenvalue weighted by Gasteiger charge is 2.27. The van der Waals surface area contributed by atoms with Gasteiger partial charge < -0.3 is 11.1 Å². The van der Waals surface area contributed by atoms with Gasteiger partial charge in [0.05, 0.1) is 12.4 Å². The van der Waals surface area contributed by atoms with Gasteiger partial charge in [0.1, 0.15) is 10.9 Å². The number of nitrogen functional groups attached to an aromatic ring is 1. The van der Waals surface area contributed by atoms with Crippen molar-refractivity contribution in [1.82, 2.24) is 20.0 Å². The maximum atomic E-state index is 11.9. The van der Waals surface area contributed by atoms with Gasteiger partial charge in [0.25, 0.3) is 0 Å². The molecule has 98 valence electrons. The van der Waals surface area contributed by atoms with Gasteiger partial charge in [-0.2, -0.15) is 4.72 Å². The number of carbonyl (C=O) groups excluding carboxylic acids is 1. The molecule has 0 bridgehead atoms. The van der Waals surface area contributed by atoms with Crippen LogP contribution in [0.2, 0.25) is 0 Å². The van der Waals surface area contributed by atoms with Crippen molar-refractivity contribution in [2.45, 2.75) is 23.8 Å². The van der Waals surface area contributed by atoms with E-state index < -0.39 is 16.1 Å². The zero-order valence-electron chi connectivity index (χ0n) is 9.46. The monoisotopic (exact) mass is 271 g/mol. The van der Waals surface area contributed by atoms with Crippen molar-refractivity contribution in [2.24, 2.45) is 0 Å². The predicted molar refractivity (Wildman–Crippen MR) is 62.8 cm³/mol. The van der Waals surface area contributed by atoms with Gasteiger partial charge in [0.15, 0.2) is 0 Å². The Kier molecular flexibility index (Phi) is 3.43. The number of sulfonamides is 1. The summed E-state index contributed by atoms with van der Waals surface area (Å²) in [5, 5.41) is 2.60. The molecule has 0 saturated carbocycles. The molecule has 2 heterocycles. The fourth-order valence-electron chi connectivity index (χ4n) is 1.60. The van der Waals surface area contributed by atoms with Crippen LogP contribution in [0.1, 0.15) is 12.8 Å². The molecule has 1 saturated heterocycles. The number of carbonyl (C=O) groups is 1. The molecular formula is C9H13N5O3S. The Labute approximate surface area is 104 Å². The lowest BCUT2D eigenvalue weighted by Gasteiger charge is -2.22. The molecule has 1 atom stereocenters. The minimum Gasteiger partial charge on any atom is -0.368 e. The molecule has 1 aliphatic rings. The van der Waals surface area contributed by atoms with E-state index in [0.29, 0.717) is 13.0 Å². The number of rotatable bonds is 3. The number of amides is 1. The van der Waals surface area contributed by atoms with Gasteiger partial charge in [-0.1, -0.05) is 0 Å². The second kappa shape index (κ2) is 4.86. The van der Waals surface area contributed by atoms with Gasteiger partial charge in [0.2, 0.25) is 21.9 Å². The summed E-state index contributed by atoms with van der Waals surface area (Å²) in [6, 6.07) is -0.749. The Morgan fingerprint density at radius 1 is 1.39 bits per heavy atom. The third-order valence-electron chi connectivity index (χ3n) is 2.54. The van der Waals surface area contributed by atoms with Crippen molar-refractivity contribution < 1.29 is 13.2 Å². The number of hydrogen-bond donors (Lipinski definition) is 3. The average molecular weight is 271 g/mol. The topological polar surface area (TPSA) is 127 Å². The quantitative estimate of drug-likeness (QED) is 0.621. The van der Waals surface area contributed by atoms with Crippen molar-refractivity contribution in [3.8, 4) is 0 Å².